The van der Waals surface area contributed by atoms with Gasteiger partial charge >= 0.3 is 11.9 Å². The number of hydrogen-bond acceptors (Lipinski definition) is 8. The van der Waals surface area contributed by atoms with Gasteiger partial charge in [-0.2, -0.15) is 0 Å². The molecule has 0 heterocycles. The maximum Gasteiger partial charge on any atom is 0.306 e. The Labute approximate surface area is 610 Å². The van der Waals surface area contributed by atoms with Crippen molar-refractivity contribution in [1.82, 2.24) is 0 Å². The minimum atomic E-state index is -1.62. The first-order valence-corrected chi connectivity index (χ1v) is 43.3. The van der Waals surface area contributed by atoms with Crippen molar-refractivity contribution >= 4 is 17.9 Å². The van der Waals surface area contributed by atoms with E-state index in [1.807, 2.05) is 21.1 Å². The van der Waals surface area contributed by atoms with Gasteiger partial charge in [-0.05, 0) is 51.4 Å². The molecule has 0 aromatic heterocycles. The van der Waals surface area contributed by atoms with Crippen LogP contribution in [0.15, 0.2) is 48.6 Å². The molecule has 0 fully saturated rings. The molecule has 9 nitrogen and oxygen atoms in total. The molecule has 9 heteroatoms. The average molecular weight is 1380 g/mol. The van der Waals surface area contributed by atoms with Gasteiger partial charge in [0, 0.05) is 12.8 Å². The van der Waals surface area contributed by atoms with Crippen LogP contribution in [0.1, 0.15) is 444 Å². The Balaban J connectivity index is 3.91. The molecule has 0 radical (unpaired) electrons. The summed E-state index contributed by atoms with van der Waals surface area (Å²) in [5.74, 6) is -2.24. The highest BCUT2D eigenvalue weighted by Crippen LogP contribution is 2.21. The largest absolute Gasteiger partial charge is 0.545 e. The monoisotopic (exact) mass is 1380 g/mol. The highest BCUT2D eigenvalue weighted by atomic mass is 16.7. The van der Waals surface area contributed by atoms with E-state index >= 15 is 0 Å². The maximum atomic E-state index is 13.0. The smallest absolute Gasteiger partial charge is 0.306 e. The van der Waals surface area contributed by atoms with Crippen molar-refractivity contribution in [3.05, 3.63) is 48.6 Å². The number of unbranched alkanes of at least 4 members (excludes halogenated alkanes) is 59. The predicted octanol–water partition coefficient (Wildman–Crippen LogP) is 26.7. The van der Waals surface area contributed by atoms with Crippen LogP contribution in [0.5, 0.6) is 0 Å². The van der Waals surface area contributed by atoms with Crippen molar-refractivity contribution in [3.8, 4) is 0 Å². The van der Waals surface area contributed by atoms with Crippen LogP contribution >= 0.6 is 0 Å². The number of allylic oxidation sites excluding steroid dienone is 8. The standard InChI is InChI=1S/C89H167NO8/c1-6-8-10-12-14-16-18-20-22-24-26-28-30-32-34-36-38-40-42-43-44-45-46-48-50-52-54-56-58-60-62-64-66-68-70-72-74-76-78-80-87(92)98-85(84-97-89(88(93)94)95-82-81-90(3,4)5)83-96-86(91)79-77-75-73-71-69-67-65-63-61-59-57-55-53-51-49-47-41-39-37-35-33-31-29-27-25-23-21-19-17-15-13-11-9-7-2/h8,10,14,16,20,22,26,28,85,89H,6-7,9,11-13,15,17-19,21,23-25,27,29-84H2,1-5H3/b10-8-,16-14-,22-20-,28-26-. The van der Waals surface area contributed by atoms with E-state index in [9.17, 15) is 19.5 Å². The number of aliphatic carboxylic acids is 1. The number of ether oxygens (including phenoxy) is 4. The van der Waals surface area contributed by atoms with Crippen molar-refractivity contribution in [2.24, 2.45) is 0 Å². The van der Waals surface area contributed by atoms with Gasteiger partial charge in [0.25, 0.3) is 0 Å². The van der Waals surface area contributed by atoms with Gasteiger partial charge in [0.15, 0.2) is 12.4 Å². The number of carboxylic acid groups (broad SMARTS) is 1. The molecule has 0 aliphatic heterocycles. The second kappa shape index (κ2) is 79.9. The van der Waals surface area contributed by atoms with E-state index in [2.05, 4.69) is 62.5 Å². The molecule has 0 aliphatic carbocycles. The summed E-state index contributed by atoms with van der Waals surface area (Å²) in [6.07, 6.45) is 103. The van der Waals surface area contributed by atoms with Crippen molar-refractivity contribution in [2.75, 3.05) is 47.5 Å². The van der Waals surface area contributed by atoms with Gasteiger partial charge in [-0.25, -0.2) is 0 Å². The number of likely N-dealkylation sites (N-methyl/N-ethyl adjacent to an activating group) is 1. The third-order valence-electron chi connectivity index (χ3n) is 19.8. The SMILES string of the molecule is CC/C=C\C/C=C\C/C=C\C/C=C\CCCCCCCCCCCCCCCCCCCCCCCCCCCCC(=O)OC(COC(=O)CCCCCCCCCCCCCCCCCCCCCCCCCCCCCCCCCCCC)COC(OCC[N+](C)(C)C)C(=O)[O-]. The summed E-state index contributed by atoms with van der Waals surface area (Å²) in [7, 11) is 5.96. The number of carbonyl (C=O) groups excluding carboxylic acids is 3. The van der Waals surface area contributed by atoms with E-state index in [4.69, 9.17) is 18.9 Å². The van der Waals surface area contributed by atoms with Crippen LogP contribution < -0.4 is 5.11 Å². The minimum Gasteiger partial charge on any atom is -0.545 e. The van der Waals surface area contributed by atoms with Crippen LogP contribution in [0.2, 0.25) is 0 Å². The first-order chi connectivity index (χ1) is 48.1. The molecular weight excluding hydrogens is 1210 g/mol. The van der Waals surface area contributed by atoms with Crippen molar-refractivity contribution in [3.63, 3.8) is 0 Å². The molecule has 0 aromatic carbocycles. The summed E-state index contributed by atoms with van der Waals surface area (Å²) in [6, 6.07) is 0. The van der Waals surface area contributed by atoms with Gasteiger partial charge in [-0.1, -0.05) is 428 Å². The van der Waals surface area contributed by atoms with Gasteiger partial charge in [0.2, 0.25) is 0 Å². The lowest BCUT2D eigenvalue weighted by molar-refractivity contribution is -0.870. The van der Waals surface area contributed by atoms with Gasteiger partial charge in [-0.15, -0.1) is 0 Å². The average Bonchev–Trinajstić information content (AvgIpc) is 1.38. The summed E-state index contributed by atoms with van der Waals surface area (Å²) in [5, 5.41) is 11.9. The molecule has 98 heavy (non-hydrogen) atoms. The second-order valence-corrected chi connectivity index (χ2v) is 30.8. The van der Waals surface area contributed by atoms with Gasteiger partial charge in [0.05, 0.1) is 40.3 Å². The number of nitrogens with zero attached hydrogens (tertiary/aromatic N) is 1. The van der Waals surface area contributed by atoms with Crippen LogP contribution in [0.3, 0.4) is 0 Å². The molecular formula is C89H167NO8. The Morgan fingerprint density at radius 1 is 0.316 bits per heavy atom. The Kier molecular flexibility index (Phi) is 77.7. The third kappa shape index (κ3) is 80.6. The van der Waals surface area contributed by atoms with Crippen LogP contribution in [0, 0.1) is 0 Å². The Bertz CT molecular complexity index is 1750. The number of rotatable bonds is 82. The van der Waals surface area contributed by atoms with Crippen LogP contribution in [-0.4, -0.2) is 82.3 Å². The molecule has 576 valence electrons. The van der Waals surface area contributed by atoms with Crippen molar-refractivity contribution < 1.29 is 42.9 Å². The first kappa shape index (κ1) is 95.2. The molecule has 2 atom stereocenters. The first-order valence-electron chi connectivity index (χ1n) is 43.3. The summed E-state index contributed by atoms with van der Waals surface area (Å²) in [6.45, 7) is 4.73. The zero-order chi connectivity index (χ0) is 71.1. The molecule has 0 aromatic rings. The fourth-order valence-electron chi connectivity index (χ4n) is 13.3. The third-order valence-corrected chi connectivity index (χ3v) is 19.8. The molecule has 0 aliphatic rings. The molecule has 0 amide bonds. The highest BCUT2D eigenvalue weighted by Gasteiger charge is 2.22. The van der Waals surface area contributed by atoms with E-state index in [0.29, 0.717) is 17.4 Å². The van der Waals surface area contributed by atoms with Crippen LogP contribution in [0.25, 0.3) is 0 Å². The fraction of sp³-hybridized carbons (Fsp3) is 0.876. The zero-order valence-electron chi connectivity index (χ0n) is 66.2. The van der Waals surface area contributed by atoms with E-state index in [-0.39, 0.29) is 32.2 Å². The summed E-state index contributed by atoms with van der Waals surface area (Å²) in [5.41, 5.74) is 0. The van der Waals surface area contributed by atoms with Gasteiger partial charge in [0.1, 0.15) is 13.2 Å². The number of quaternary nitrogens is 1. The number of hydrogen-bond donors (Lipinski definition) is 0. The van der Waals surface area contributed by atoms with Gasteiger partial charge in [-0.3, -0.25) is 9.59 Å². The molecule has 0 saturated heterocycles. The molecule has 2 unspecified atom stereocenters. The lowest BCUT2D eigenvalue weighted by Gasteiger charge is -2.26. The predicted molar refractivity (Wildman–Crippen MR) is 422 cm³/mol. The van der Waals surface area contributed by atoms with E-state index < -0.39 is 24.3 Å². The van der Waals surface area contributed by atoms with Crippen LogP contribution in [0.4, 0.5) is 0 Å². The summed E-state index contributed by atoms with van der Waals surface area (Å²) < 4.78 is 22.9. The normalized spacial score (nSPS) is 12.8. The topological polar surface area (TPSA) is 111 Å². The fourth-order valence-corrected chi connectivity index (χ4v) is 13.3. The van der Waals surface area contributed by atoms with E-state index in [1.54, 1.807) is 0 Å². The molecule has 0 saturated carbocycles. The quantitative estimate of drug-likeness (QED) is 0.0195. The highest BCUT2D eigenvalue weighted by molar-refractivity contribution is 5.70. The lowest BCUT2D eigenvalue weighted by atomic mass is 10.0. The molecule has 0 spiro atoms. The Morgan fingerprint density at radius 2 is 0.582 bits per heavy atom. The minimum absolute atomic E-state index is 0.152. The Morgan fingerprint density at radius 3 is 0.867 bits per heavy atom. The number of carboxylic acids is 1. The van der Waals surface area contributed by atoms with Gasteiger partial charge < -0.3 is 33.3 Å². The van der Waals surface area contributed by atoms with E-state index in [1.165, 1.54) is 353 Å². The maximum absolute atomic E-state index is 13.0. The molecule has 0 rings (SSSR count). The summed E-state index contributed by atoms with van der Waals surface area (Å²) in [4.78, 5) is 37.7. The van der Waals surface area contributed by atoms with Crippen molar-refractivity contribution in [2.45, 2.75) is 456 Å². The number of esters is 2. The zero-order valence-corrected chi connectivity index (χ0v) is 66.2. The molecule has 0 N–H and O–H groups in total. The summed E-state index contributed by atoms with van der Waals surface area (Å²) >= 11 is 0. The lowest BCUT2D eigenvalue weighted by Crippen LogP contribution is -2.44. The van der Waals surface area contributed by atoms with Crippen LogP contribution in [-0.2, 0) is 33.3 Å². The Hall–Kier alpha value is -2.75. The second-order valence-electron chi connectivity index (χ2n) is 30.8. The number of carbonyl (C=O) groups is 3. The van der Waals surface area contributed by atoms with Crippen molar-refractivity contribution in [1.29, 1.82) is 0 Å². The van der Waals surface area contributed by atoms with E-state index in [0.717, 1.165) is 64.2 Å². The molecule has 0 bridgehead atoms.